The molecule has 0 spiro atoms. The van der Waals surface area contributed by atoms with Crippen LogP contribution in [-0.4, -0.2) is 44.6 Å². The molecule has 0 radical (unpaired) electrons. The van der Waals surface area contributed by atoms with Gasteiger partial charge in [-0.3, -0.25) is 9.78 Å². The first-order valence-electron chi connectivity index (χ1n) is 8.67. The van der Waals surface area contributed by atoms with Gasteiger partial charge in [0.25, 0.3) is 0 Å². The van der Waals surface area contributed by atoms with E-state index in [-0.39, 0.29) is 5.92 Å². The molecule has 140 valence electrons. The van der Waals surface area contributed by atoms with Crippen molar-refractivity contribution in [2.45, 2.75) is 44.3 Å². The van der Waals surface area contributed by atoms with Gasteiger partial charge < -0.3 is 9.47 Å². The third-order valence-corrected chi connectivity index (χ3v) is 4.61. The minimum atomic E-state index is -4.30. The first kappa shape index (κ1) is 18.4. The summed E-state index contributed by atoms with van der Waals surface area (Å²) in [4.78, 5) is 22.1. The Balaban J connectivity index is 1.65. The molecule has 0 unspecified atom stereocenters. The maximum atomic E-state index is 12.4. The maximum absolute atomic E-state index is 12.4. The van der Waals surface area contributed by atoms with Gasteiger partial charge in [0.1, 0.15) is 5.82 Å². The lowest BCUT2D eigenvalue weighted by molar-refractivity contribution is -0.149. The van der Waals surface area contributed by atoms with Gasteiger partial charge in [0.15, 0.2) is 0 Å². The zero-order valence-electron chi connectivity index (χ0n) is 14.3. The first-order chi connectivity index (χ1) is 12.4. The number of carbonyl (C=O) groups excluding carboxylic acids is 1. The number of hydrogen-bond acceptors (Lipinski definition) is 3. The number of rotatable bonds is 5. The highest BCUT2D eigenvalue weighted by Gasteiger charge is 2.31. The molecular formula is C18H21F3N4O. The molecule has 3 rings (SSSR count). The van der Waals surface area contributed by atoms with Gasteiger partial charge in [-0.2, -0.15) is 13.2 Å². The Morgan fingerprint density at radius 1 is 1.23 bits per heavy atom. The zero-order valence-corrected chi connectivity index (χ0v) is 14.3. The monoisotopic (exact) mass is 366 g/mol. The Morgan fingerprint density at radius 2 is 2.00 bits per heavy atom. The fourth-order valence-electron chi connectivity index (χ4n) is 3.32. The summed E-state index contributed by atoms with van der Waals surface area (Å²) in [5.74, 6) is 0.477. The molecule has 1 atom stereocenters. The number of nitrogens with zero attached hydrogens (tertiary/aromatic N) is 4. The van der Waals surface area contributed by atoms with Crippen LogP contribution in [0.2, 0.25) is 0 Å². The predicted octanol–water partition coefficient (Wildman–Crippen LogP) is 3.37. The number of halogens is 3. The molecule has 0 saturated carbocycles. The van der Waals surface area contributed by atoms with Crippen LogP contribution in [0.25, 0.3) is 0 Å². The summed E-state index contributed by atoms with van der Waals surface area (Å²) in [6.45, 7) is 1.58. The average molecular weight is 366 g/mol. The number of aromatic nitrogens is 3. The van der Waals surface area contributed by atoms with Crippen molar-refractivity contribution < 1.29 is 18.0 Å². The number of carbonyl (C=O) groups is 1. The molecule has 3 heterocycles. The third kappa shape index (κ3) is 4.83. The van der Waals surface area contributed by atoms with Crippen molar-refractivity contribution >= 4 is 5.91 Å². The molecule has 2 aromatic rings. The molecule has 1 fully saturated rings. The van der Waals surface area contributed by atoms with Crippen molar-refractivity contribution in [2.75, 3.05) is 13.1 Å². The van der Waals surface area contributed by atoms with Gasteiger partial charge in [0.05, 0.1) is 6.42 Å². The Labute approximate surface area is 149 Å². The Hall–Kier alpha value is -2.38. The van der Waals surface area contributed by atoms with Crippen molar-refractivity contribution in [3.05, 3.63) is 48.3 Å². The standard InChI is InChI=1S/C18H21F3N4O/c19-18(20,21)6-3-16(26)24-10-1-2-15(13-24)17-23-9-11-25(17)12-14-4-7-22-8-5-14/h4-5,7-9,11,15H,1-3,6,10,12-13H2/t15-/m1/s1. The van der Waals surface area contributed by atoms with Crippen molar-refractivity contribution in [3.8, 4) is 0 Å². The molecule has 2 aromatic heterocycles. The van der Waals surface area contributed by atoms with E-state index in [9.17, 15) is 18.0 Å². The lowest BCUT2D eigenvalue weighted by atomic mass is 9.96. The van der Waals surface area contributed by atoms with Gasteiger partial charge >= 0.3 is 6.18 Å². The van der Waals surface area contributed by atoms with Crippen molar-refractivity contribution in [1.29, 1.82) is 0 Å². The quantitative estimate of drug-likeness (QED) is 0.815. The number of pyridine rings is 1. The van der Waals surface area contributed by atoms with E-state index in [1.54, 1.807) is 23.5 Å². The van der Waals surface area contributed by atoms with Crippen LogP contribution in [-0.2, 0) is 11.3 Å². The van der Waals surface area contributed by atoms with Crippen LogP contribution in [0.3, 0.4) is 0 Å². The van der Waals surface area contributed by atoms with Crippen molar-refractivity contribution in [1.82, 2.24) is 19.4 Å². The highest BCUT2D eigenvalue weighted by Crippen LogP contribution is 2.28. The fourth-order valence-corrected chi connectivity index (χ4v) is 3.32. The van der Waals surface area contributed by atoms with Crippen LogP contribution >= 0.6 is 0 Å². The van der Waals surface area contributed by atoms with Gasteiger partial charge in [-0.15, -0.1) is 0 Å². The lowest BCUT2D eigenvalue weighted by Gasteiger charge is -2.33. The average Bonchev–Trinajstić information content (AvgIpc) is 3.08. The van der Waals surface area contributed by atoms with Gasteiger partial charge in [-0.1, -0.05) is 0 Å². The summed E-state index contributed by atoms with van der Waals surface area (Å²) in [5.41, 5.74) is 1.09. The predicted molar refractivity (Wildman–Crippen MR) is 89.4 cm³/mol. The van der Waals surface area contributed by atoms with E-state index >= 15 is 0 Å². The smallest absolute Gasteiger partial charge is 0.342 e. The number of piperidine rings is 1. The van der Waals surface area contributed by atoms with E-state index in [1.165, 1.54) is 0 Å². The molecule has 1 amide bonds. The van der Waals surface area contributed by atoms with Gasteiger partial charge in [0, 0.05) is 56.8 Å². The molecule has 0 bridgehead atoms. The fraction of sp³-hybridized carbons (Fsp3) is 0.500. The van der Waals surface area contributed by atoms with Crippen LogP contribution in [0.4, 0.5) is 13.2 Å². The zero-order chi connectivity index (χ0) is 18.6. The second-order valence-electron chi connectivity index (χ2n) is 6.56. The summed E-state index contributed by atoms with van der Waals surface area (Å²) >= 11 is 0. The SMILES string of the molecule is O=C(CCC(F)(F)F)N1CCC[C@@H](c2nccn2Cc2ccncc2)C1. The number of likely N-dealkylation sites (tertiary alicyclic amines) is 1. The topological polar surface area (TPSA) is 51.0 Å². The largest absolute Gasteiger partial charge is 0.389 e. The summed E-state index contributed by atoms with van der Waals surface area (Å²) < 4.78 is 39.1. The second-order valence-corrected chi connectivity index (χ2v) is 6.56. The molecular weight excluding hydrogens is 345 g/mol. The van der Waals surface area contributed by atoms with E-state index in [2.05, 4.69) is 9.97 Å². The van der Waals surface area contributed by atoms with Crippen LogP contribution in [0.5, 0.6) is 0 Å². The van der Waals surface area contributed by atoms with Crippen LogP contribution in [0.1, 0.15) is 43.0 Å². The van der Waals surface area contributed by atoms with E-state index < -0.39 is 24.9 Å². The first-order valence-corrected chi connectivity index (χ1v) is 8.67. The van der Waals surface area contributed by atoms with E-state index in [0.717, 1.165) is 24.2 Å². The number of amides is 1. The Morgan fingerprint density at radius 3 is 2.73 bits per heavy atom. The van der Waals surface area contributed by atoms with E-state index in [0.29, 0.717) is 19.6 Å². The lowest BCUT2D eigenvalue weighted by Crippen LogP contribution is -2.40. The molecule has 0 aliphatic carbocycles. The summed E-state index contributed by atoms with van der Waals surface area (Å²) in [7, 11) is 0. The van der Waals surface area contributed by atoms with Crippen LogP contribution in [0.15, 0.2) is 36.9 Å². The third-order valence-electron chi connectivity index (χ3n) is 4.61. The summed E-state index contributed by atoms with van der Waals surface area (Å²) in [5, 5.41) is 0. The minimum Gasteiger partial charge on any atom is -0.342 e. The maximum Gasteiger partial charge on any atom is 0.389 e. The summed E-state index contributed by atoms with van der Waals surface area (Å²) in [6, 6.07) is 3.86. The molecule has 1 saturated heterocycles. The Bertz CT molecular complexity index is 730. The molecule has 1 aliphatic heterocycles. The summed E-state index contributed by atoms with van der Waals surface area (Å²) in [6.07, 6.45) is 2.86. The minimum absolute atomic E-state index is 0.0374. The molecule has 0 aromatic carbocycles. The van der Waals surface area contributed by atoms with E-state index in [1.807, 2.05) is 22.9 Å². The normalized spacial score (nSPS) is 18.1. The van der Waals surface area contributed by atoms with Crippen molar-refractivity contribution in [2.24, 2.45) is 0 Å². The van der Waals surface area contributed by atoms with Gasteiger partial charge in [0.2, 0.25) is 5.91 Å². The molecule has 8 heteroatoms. The molecule has 5 nitrogen and oxygen atoms in total. The number of imidazole rings is 1. The highest BCUT2D eigenvalue weighted by atomic mass is 19.4. The van der Waals surface area contributed by atoms with Crippen LogP contribution < -0.4 is 0 Å². The second kappa shape index (κ2) is 7.88. The van der Waals surface area contributed by atoms with Crippen molar-refractivity contribution in [3.63, 3.8) is 0 Å². The molecule has 0 N–H and O–H groups in total. The highest BCUT2D eigenvalue weighted by molar-refractivity contribution is 5.76. The molecule has 26 heavy (non-hydrogen) atoms. The van der Waals surface area contributed by atoms with Crippen LogP contribution in [0, 0.1) is 0 Å². The number of alkyl halides is 3. The Kier molecular flexibility index (Phi) is 5.58. The molecule has 1 aliphatic rings. The number of hydrogen-bond donors (Lipinski definition) is 0. The van der Waals surface area contributed by atoms with Gasteiger partial charge in [-0.05, 0) is 30.5 Å². The van der Waals surface area contributed by atoms with E-state index in [4.69, 9.17) is 0 Å². The van der Waals surface area contributed by atoms with Gasteiger partial charge in [-0.25, -0.2) is 4.98 Å².